The lowest BCUT2D eigenvalue weighted by atomic mass is 9.94. The molecule has 0 saturated heterocycles. The van der Waals surface area contributed by atoms with Gasteiger partial charge in [-0.2, -0.15) is 0 Å². The Hall–Kier alpha value is -3.22. The molecule has 6 nitrogen and oxygen atoms in total. The molecule has 118 valence electrons. The van der Waals surface area contributed by atoms with Crippen LogP contribution in [0.4, 0.5) is 4.39 Å². The number of carboxylic acid groups (broad SMARTS) is 2. The highest BCUT2D eigenvalue weighted by atomic mass is 19.1. The maximum atomic E-state index is 13.1. The second-order valence-electron chi connectivity index (χ2n) is 4.47. The van der Waals surface area contributed by atoms with Gasteiger partial charge in [-0.25, -0.2) is 14.0 Å². The molecule has 2 aromatic rings. The van der Waals surface area contributed by atoms with Crippen molar-refractivity contribution in [3.63, 3.8) is 0 Å². The molecule has 0 aliphatic carbocycles. The van der Waals surface area contributed by atoms with E-state index in [1.165, 1.54) is 49.6 Å². The summed E-state index contributed by atoms with van der Waals surface area (Å²) in [5, 5.41) is 22.3. The third-order valence-corrected chi connectivity index (χ3v) is 3.06. The fraction of sp³-hybridized carbons (Fsp3) is 0.0625. The van der Waals surface area contributed by atoms with E-state index in [0.717, 1.165) is 0 Å². The van der Waals surface area contributed by atoms with E-state index >= 15 is 0 Å². The first-order valence-corrected chi connectivity index (χ1v) is 6.42. The monoisotopic (exact) mass is 317 g/mol. The molecule has 2 N–H and O–H groups in total. The molecule has 0 heterocycles. The number of hydrogen-bond donors (Lipinski definition) is 2. The van der Waals surface area contributed by atoms with Crippen molar-refractivity contribution in [2.24, 2.45) is 5.16 Å². The summed E-state index contributed by atoms with van der Waals surface area (Å²) in [7, 11) is 1.27. The molecule has 0 bridgehead atoms. The smallest absolute Gasteiger partial charge is 0.337 e. The standard InChI is InChI=1S/C16H12FNO5/c1-23-18-14(9-5-7-10(17)8-6-9)11-3-2-4-12(15(19)20)13(11)16(21)22/h2-8H,1H3,(H,19,20)(H,21,22). The van der Waals surface area contributed by atoms with Crippen LogP contribution in [0.15, 0.2) is 47.6 Å². The Balaban J connectivity index is 2.72. The van der Waals surface area contributed by atoms with Crippen molar-refractivity contribution in [2.45, 2.75) is 0 Å². The summed E-state index contributed by atoms with van der Waals surface area (Å²) < 4.78 is 13.1. The predicted molar refractivity (Wildman–Crippen MR) is 79.4 cm³/mol. The van der Waals surface area contributed by atoms with Crippen LogP contribution < -0.4 is 0 Å². The fourth-order valence-electron chi connectivity index (χ4n) is 2.11. The normalized spacial score (nSPS) is 11.1. The number of halogens is 1. The second-order valence-corrected chi connectivity index (χ2v) is 4.47. The zero-order chi connectivity index (χ0) is 17.0. The molecule has 7 heteroatoms. The molecule has 0 spiro atoms. The van der Waals surface area contributed by atoms with Gasteiger partial charge in [0, 0.05) is 11.1 Å². The van der Waals surface area contributed by atoms with E-state index in [4.69, 9.17) is 4.84 Å². The van der Waals surface area contributed by atoms with Crippen molar-refractivity contribution in [1.82, 2.24) is 0 Å². The van der Waals surface area contributed by atoms with Gasteiger partial charge >= 0.3 is 11.9 Å². The summed E-state index contributed by atoms with van der Waals surface area (Å²) in [4.78, 5) is 27.5. The summed E-state index contributed by atoms with van der Waals surface area (Å²) in [5.41, 5.74) is -0.252. The molecular formula is C16H12FNO5. The number of nitrogens with zero attached hydrogens (tertiary/aromatic N) is 1. The van der Waals surface area contributed by atoms with Crippen LogP contribution >= 0.6 is 0 Å². The van der Waals surface area contributed by atoms with E-state index in [9.17, 15) is 24.2 Å². The van der Waals surface area contributed by atoms with Crippen molar-refractivity contribution >= 4 is 17.7 Å². The van der Waals surface area contributed by atoms with Crippen molar-refractivity contribution < 1.29 is 29.0 Å². The number of aromatic carboxylic acids is 2. The van der Waals surface area contributed by atoms with Crippen LogP contribution in [0.1, 0.15) is 31.8 Å². The summed E-state index contributed by atoms with van der Waals surface area (Å²) in [6.45, 7) is 0. The second kappa shape index (κ2) is 6.69. The van der Waals surface area contributed by atoms with Crippen LogP contribution in [0, 0.1) is 5.82 Å². The average molecular weight is 317 g/mol. The lowest BCUT2D eigenvalue weighted by molar-refractivity contribution is 0.0651. The molecule has 0 aliphatic rings. The van der Waals surface area contributed by atoms with Crippen molar-refractivity contribution in [3.8, 4) is 0 Å². The molecule has 0 radical (unpaired) electrons. The summed E-state index contributed by atoms with van der Waals surface area (Å²) in [5.74, 6) is -3.26. The van der Waals surface area contributed by atoms with Crippen LogP contribution in [0.5, 0.6) is 0 Å². The van der Waals surface area contributed by atoms with Gasteiger partial charge in [0.1, 0.15) is 18.6 Å². The molecule has 23 heavy (non-hydrogen) atoms. The molecular weight excluding hydrogens is 305 g/mol. The highest BCUT2D eigenvalue weighted by Gasteiger charge is 2.23. The summed E-state index contributed by atoms with van der Waals surface area (Å²) in [6.07, 6.45) is 0. The van der Waals surface area contributed by atoms with Crippen LogP contribution in [0.25, 0.3) is 0 Å². The van der Waals surface area contributed by atoms with Crippen molar-refractivity contribution in [2.75, 3.05) is 7.11 Å². The van der Waals surface area contributed by atoms with E-state index in [-0.39, 0.29) is 16.8 Å². The number of carbonyl (C=O) groups is 2. The molecule has 0 saturated carbocycles. The van der Waals surface area contributed by atoms with Crippen molar-refractivity contribution in [1.29, 1.82) is 0 Å². The molecule has 0 atom stereocenters. The average Bonchev–Trinajstić information content (AvgIpc) is 2.52. The quantitative estimate of drug-likeness (QED) is 0.653. The van der Waals surface area contributed by atoms with Gasteiger partial charge < -0.3 is 15.1 Å². The Bertz CT molecular complexity index is 784. The zero-order valence-corrected chi connectivity index (χ0v) is 12.0. The minimum absolute atomic E-state index is 0.0610. The number of benzene rings is 2. The largest absolute Gasteiger partial charge is 0.478 e. The SMILES string of the molecule is CON=C(c1ccc(F)cc1)c1cccc(C(=O)O)c1C(=O)O. The van der Waals surface area contributed by atoms with Crippen LogP contribution in [0.2, 0.25) is 0 Å². The predicted octanol–water partition coefficient (Wildman–Crippen LogP) is 2.62. The van der Waals surface area contributed by atoms with Gasteiger partial charge in [0.25, 0.3) is 0 Å². The minimum atomic E-state index is -1.41. The maximum absolute atomic E-state index is 13.1. The van der Waals surface area contributed by atoms with E-state index < -0.39 is 23.3 Å². The lowest BCUT2D eigenvalue weighted by Crippen LogP contribution is -2.16. The maximum Gasteiger partial charge on any atom is 0.337 e. The third kappa shape index (κ3) is 3.34. The van der Waals surface area contributed by atoms with Crippen LogP contribution in [-0.4, -0.2) is 35.0 Å². The third-order valence-electron chi connectivity index (χ3n) is 3.06. The highest BCUT2D eigenvalue weighted by molar-refractivity contribution is 6.19. The summed E-state index contributed by atoms with van der Waals surface area (Å²) >= 11 is 0. The molecule has 0 aliphatic heterocycles. The molecule has 2 rings (SSSR count). The molecule has 2 aromatic carbocycles. The topological polar surface area (TPSA) is 96.2 Å². The Morgan fingerprint density at radius 1 is 1.00 bits per heavy atom. The Morgan fingerprint density at radius 3 is 2.13 bits per heavy atom. The number of rotatable bonds is 5. The molecule has 0 aromatic heterocycles. The van der Waals surface area contributed by atoms with Gasteiger partial charge in [-0.15, -0.1) is 0 Å². The van der Waals surface area contributed by atoms with Crippen LogP contribution in [-0.2, 0) is 4.84 Å². The minimum Gasteiger partial charge on any atom is -0.478 e. The first-order chi connectivity index (χ1) is 11.0. The molecule has 0 fully saturated rings. The van der Waals surface area contributed by atoms with Gasteiger partial charge in [-0.3, -0.25) is 0 Å². The van der Waals surface area contributed by atoms with Crippen LogP contribution in [0.3, 0.4) is 0 Å². The van der Waals surface area contributed by atoms with Gasteiger partial charge in [0.05, 0.1) is 11.1 Å². The number of carboxylic acids is 2. The Kier molecular flexibility index (Phi) is 4.70. The van der Waals surface area contributed by atoms with Gasteiger partial charge in [0.15, 0.2) is 0 Å². The van der Waals surface area contributed by atoms with Gasteiger partial charge in [0.2, 0.25) is 0 Å². The first kappa shape index (κ1) is 16.2. The molecule has 0 amide bonds. The van der Waals surface area contributed by atoms with Gasteiger partial charge in [-0.1, -0.05) is 17.3 Å². The highest BCUT2D eigenvalue weighted by Crippen LogP contribution is 2.20. The van der Waals surface area contributed by atoms with E-state index in [1.807, 2.05) is 0 Å². The fourth-order valence-corrected chi connectivity index (χ4v) is 2.11. The summed E-state index contributed by atoms with van der Waals surface area (Å²) in [6, 6.07) is 9.16. The zero-order valence-electron chi connectivity index (χ0n) is 12.0. The number of oxime groups is 1. The Morgan fingerprint density at radius 2 is 1.61 bits per heavy atom. The van der Waals surface area contributed by atoms with Gasteiger partial charge in [-0.05, 0) is 30.3 Å². The lowest BCUT2D eigenvalue weighted by Gasteiger charge is -2.11. The van der Waals surface area contributed by atoms with E-state index in [1.54, 1.807) is 0 Å². The van der Waals surface area contributed by atoms with E-state index in [2.05, 4.69) is 5.16 Å². The van der Waals surface area contributed by atoms with E-state index in [0.29, 0.717) is 5.56 Å². The van der Waals surface area contributed by atoms with Crippen molar-refractivity contribution in [3.05, 3.63) is 70.5 Å². The Labute approximate surface area is 130 Å². The number of hydrogen-bond acceptors (Lipinski definition) is 4. The first-order valence-electron chi connectivity index (χ1n) is 6.42. The molecule has 0 unspecified atom stereocenters.